The second kappa shape index (κ2) is 5.30. The summed E-state index contributed by atoms with van der Waals surface area (Å²) in [6.45, 7) is 5.42. The highest BCUT2D eigenvalue weighted by atomic mass is 16.5. The molecule has 1 N–H and O–H groups in total. The van der Waals surface area contributed by atoms with E-state index in [2.05, 4.69) is 9.97 Å². The molecule has 6 nitrogen and oxygen atoms in total. The van der Waals surface area contributed by atoms with Crippen molar-refractivity contribution in [1.29, 1.82) is 0 Å². The zero-order valence-corrected chi connectivity index (χ0v) is 10.6. The van der Waals surface area contributed by atoms with E-state index in [4.69, 9.17) is 9.84 Å². The largest absolute Gasteiger partial charge is 0.481 e. The normalized spacial score (nSPS) is 19.9. The molecule has 0 amide bonds. The van der Waals surface area contributed by atoms with E-state index in [1.165, 1.54) is 0 Å². The van der Waals surface area contributed by atoms with Gasteiger partial charge in [0.05, 0.1) is 37.1 Å². The second-order valence-electron chi connectivity index (χ2n) is 4.44. The molecule has 2 heterocycles. The highest BCUT2D eigenvalue weighted by Crippen LogP contribution is 2.22. The van der Waals surface area contributed by atoms with E-state index >= 15 is 0 Å². The van der Waals surface area contributed by atoms with Crippen molar-refractivity contribution in [3.05, 3.63) is 17.6 Å². The Balaban J connectivity index is 2.27. The van der Waals surface area contributed by atoms with E-state index in [9.17, 15) is 4.79 Å². The van der Waals surface area contributed by atoms with Crippen molar-refractivity contribution in [3.8, 4) is 0 Å². The molecule has 0 spiro atoms. The van der Waals surface area contributed by atoms with Gasteiger partial charge in [0.25, 0.3) is 0 Å². The average Bonchev–Trinajstić information content (AvgIpc) is 2.32. The molecule has 0 bridgehead atoms. The maximum Gasteiger partial charge on any atom is 0.305 e. The molecule has 1 unspecified atom stereocenters. The van der Waals surface area contributed by atoms with Crippen LogP contribution in [0.3, 0.4) is 0 Å². The minimum atomic E-state index is -0.825. The fourth-order valence-electron chi connectivity index (χ4n) is 2.10. The number of ether oxygens (including phenoxy) is 1. The molecule has 0 radical (unpaired) electrons. The molecule has 1 aliphatic heterocycles. The van der Waals surface area contributed by atoms with Crippen LogP contribution in [-0.4, -0.2) is 46.8 Å². The molecule has 1 aromatic rings. The van der Waals surface area contributed by atoms with Crippen LogP contribution in [0.15, 0.2) is 6.20 Å². The number of aromatic nitrogens is 2. The third-order valence-electron chi connectivity index (χ3n) is 2.96. The first kappa shape index (κ1) is 12.8. The highest BCUT2D eigenvalue weighted by Gasteiger charge is 2.27. The quantitative estimate of drug-likeness (QED) is 0.855. The first-order valence-corrected chi connectivity index (χ1v) is 5.94. The smallest absolute Gasteiger partial charge is 0.305 e. The maximum atomic E-state index is 10.9. The third-order valence-corrected chi connectivity index (χ3v) is 2.96. The van der Waals surface area contributed by atoms with E-state index in [0.717, 1.165) is 17.2 Å². The lowest BCUT2D eigenvalue weighted by Crippen LogP contribution is -2.47. The Bertz CT molecular complexity index is 450. The van der Waals surface area contributed by atoms with Crippen LogP contribution in [0.4, 0.5) is 5.82 Å². The summed E-state index contributed by atoms with van der Waals surface area (Å²) >= 11 is 0. The van der Waals surface area contributed by atoms with Gasteiger partial charge in [-0.15, -0.1) is 0 Å². The molecular weight excluding hydrogens is 234 g/mol. The van der Waals surface area contributed by atoms with Crippen LogP contribution < -0.4 is 4.90 Å². The van der Waals surface area contributed by atoms with Gasteiger partial charge in [0, 0.05) is 12.7 Å². The molecule has 0 aliphatic carbocycles. The molecule has 1 saturated heterocycles. The number of carboxylic acid groups (broad SMARTS) is 1. The van der Waals surface area contributed by atoms with Gasteiger partial charge < -0.3 is 14.7 Å². The van der Waals surface area contributed by atoms with Gasteiger partial charge in [-0.25, -0.2) is 4.98 Å². The Morgan fingerprint density at radius 3 is 3.11 bits per heavy atom. The second-order valence-corrected chi connectivity index (χ2v) is 4.44. The van der Waals surface area contributed by atoms with E-state index < -0.39 is 5.97 Å². The fourth-order valence-corrected chi connectivity index (χ4v) is 2.10. The topological polar surface area (TPSA) is 75.6 Å². The van der Waals surface area contributed by atoms with Gasteiger partial charge >= 0.3 is 5.97 Å². The highest BCUT2D eigenvalue weighted by molar-refractivity contribution is 5.68. The van der Waals surface area contributed by atoms with Crippen LogP contribution in [0, 0.1) is 13.8 Å². The van der Waals surface area contributed by atoms with E-state index in [1.807, 2.05) is 18.7 Å². The van der Waals surface area contributed by atoms with Crippen molar-refractivity contribution in [2.75, 3.05) is 24.7 Å². The van der Waals surface area contributed by atoms with E-state index in [-0.39, 0.29) is 12.5 Å². The monoisotopic (exact) mass is 251 g/mol. The zero-order valence-electron chi connectivity index (χ0n) is 10.6. The molecule has 1 aromatic heterocycles. The summed E-state index contributed by atoms with van der Waals surface area (Å²) in [6, 6.07) is -0.175. The number of morpholine rings is 1. The summed E-state index contributed by atoms with van der Waals surface area (Å²) < 4.78 is 5.35. The van der Waals surface area contributed by atoms with Crippen molar-refractivity contribution < 1.29 is 14.6 Å². The number of rotatable bonds is 3. The number of hydrogen-bond acceptors (Lipinski definition) is 5. The third kappa shape index (κ3) is 2.76. The molecule has 1 atom stereocenters. The van der Waals surface area contributed by atoms with E-state index in [1.54, 1.807) is 6.20 Å². The predicted octanol–water partition coefficient (Wildman–Crippen LogP) is 0.773. The first-order valence-electron chi connectivity index (χ1n) is 5.94. The van der Waals surface area contributed by atoms with Gasteiger partial charge in [-0.05, 0) is 13.8 Å². The number of hydrogen-bond donors (Lipinski definition) is 1. The van der Waals surface area contributed by atoms with Gasteiger partial charge in [0.15, 0.2) is 5.82 Å². The minimum absolute atomic E-state index is 0.0507. The number of aryl methyl sites for hydroxylation is 2. The van der Waals surface area contributed by atoms with Crippen LogP contribution >= 0.6 is 0 Å². The summed E-state index contributed by atoms with van der Waals surface area (Å²) in [5, 5.41) is 8.94. The van der Waals surface area contributed by atoms with Crippen molar-refractivity contribution in [1.82, 2.24) is 9.97 Å². The lowest BCUT2D eigenvalue weighted by atomic mass is 10.1. The van der Waals surface area contributed by atoms with Crippen LogP contribution in [0.1, 0.15) is 17.8 Å². The SMILES string of the molecule is Cc1cnc(C)c(N2CCOCC2CC(=O)O)n1. The summed E-state index contributed by atoms with van der Waals surface area (Å²) in [6.07, 6.45) is 1.76. The number of carboxylic acids is 1. The lowest BCUT2D eigenvalue weighted by molar-refractivity contribution is -0.138. The van der Waals surface area contributed by atoms with E-state index in [0.29, 0.717) is 19.8 Å². The standard InChI is InChI=1S/C12H17N3O3/c1-8-6-13-9(2)12(14-8)15-3-4-18-7-10(15)5-11(16)17/h6,10H,3-5,7H2,1-2H3,(H,16,17). The molecular formula is C12H17N3O3. The molecule has 1 fully saturated rings. The van der Waals surface area contributed by atoms with Gasteiger partial charge in [-0.2, -0.15) is 0 Å². The van der Waals surface area contributed by atoms with Crippen LogP contribution in [0.25, 0.3) is 0 Å². The van der Waals surface area contributed by atoms with Crippen LogP contribution in [0.5, 0.6) is 0 Å². The Morgan fingerprint density at radius 1 is 1.61 bits per heavy atom. The van der Waals surface area contributed by atoms with Gasteiger partial charge in [0.2, 0.25) is 0 Å². The van der Waals surface area contributed by atoms with Crippen LogP contribution in [0.2, 0.25) is 0 Å². The number of aliphatic carboxylic acids is 1. The maximum absolute atomic E-state index is 10.9. The number of nitrogens with zero attached hydrogens (tertiary/aromatic N) is 3. The molecule has 6 heteroatoms. The van der Waals surface area contributed by atoms with Crippen molar-refractivity contribution in [3.63, 3.8) is 0 Å². The molecule has 18 heavy (non-hydrogen) atoms. The molecule has 0 aromatic carbocycles. The van der Waals surface area contributed by atoms with Gasteiger partial charge in [0.1, 0.15) is 0 Å². The van der Waals surface area contributed by atoms with Crippen molar-refractivity contribution >= 4 is 11.8 Å². The first-order chi connectivity index (χ1) is 8.58. The molecule has 2 rings (SSSR count). The van der Waals surface area contributed by atoms with Gasteiger partial charge in [-0.3, -0.25) is 9.78 Å². The summed E-state index contributed by atoms with van der Waals surface area (Å²) in [5.74, 6) is -0.0571. The predicted molar refractivity (Wildman–Crippen MR) is 65.7 cm³/mol. The number of carbonyl (C=O) groups is 1. The van der Waals surface area contributed by atoms with Gasteiger partial charge in [-0.1, -0.05) is 0 Å². The molecule has 1 aliphatic rings. The zero-order chi connectivity index (χ0) is 13.1. The Kier molecular flexibility index (Phi) is 3.76. The average molecular weight is 251 g/mol. The fraction of sp³-hybridized carbons (Fsp3) is 0.583. The number of anilines is 1. The lowest BCUT2D eigenvalue weighted by Gasteiger charge is -2.36. The Morgan fingerprint density at radius 2 is 2.39 bits per heavy atom. The Hall–Kier alpha value is -1.69. The van der Waals surface area contributed by atoms with Crippen LogP contribution in [-0.2, 0) is 9.53 Å². The summed E-state index contributed by atoms with van der Waals surface area (Å²) in [4.78, 5) is 21.6. The van der Waals surface area contributed by atoms with Crippen molar-refractivity contribution in [2.45, 2.75) is 26.3 Å². The summed E-state index contributed by atoms with van der Waals surface area (Å²) in [5.41, 5.74) is 1.65. The Labute approximate surface area is 106 Å². The molecule has 98 valence electrons. The molecule has 0 saturated carbocycles. The summed E-state index contributed by atoms with van der Waals surface area (Å²) in [7, 11) is 0. The van der Waals surface area contributed by atoms with Crippen molar-refractivity contribution in [2.24, 2.45) is 0 Å². The minimum Gasteiger partial charge on any atom is -0.481 e.